The molecule has 0 aliphatic carbocycles. The van der Waals surface area contributed by atoms with E-state index < -0.39 is 29.7 Å². The zero-order valence-corrected chi connectivity index (χ0v) is 19.5. The van der Waals surface area contributed by atoms with Gasteiger partial charge in [0.1, 0.15) is 11.4 Å². The number of hydrogen-bond acceptors (Lipinski definition) is 4. The number of hydrogen-bond donors (Lipinski definition) is 0. The summed E-state index contributed by atoms with van der Waals surface area (Å²) in [6.07, 6.45) is 2.54. The maximum Gasteiger partial charge on any atom is 0.496 e. The maximum atomic E-state index is 15.1. The quantitative estimate of drug-likeness (QED) is 0.605. The van der Waals surface area contributed by atoms with Crippen LogP contribution in [0.4, 0.5) is 10.1 Å². The highest BCUT2D eigenvalue weighted by molar-refractivity contribution is 6.66. The molecule has 0 amide bonds. The second-order valence-corrected chi connectivity index (χ2v) is 10.3. The zero-order valence-electron chi connectivity index (χ0n) is 18.0. The molecule has 2 aromatic carbocycles. The fourth-order valence-corrected chi connectivity index (χ4v) is 5.23. The monoisotopic (exact) mass is 460 g/mol. The van der Waals surface area contributed by atoms with Crippen LogP contribution in [0, 0.1) is 5.82 Å². The fourth-order valence-electron chi connectivity index (χ4n) is 4.78. The average Bonchev–Trinajstić information content (AvgIpc) is 3.13. The summed E-state index contributed by atoms with van der Waals surface area (Å²) in [7, 11) is -0.753. The largest absolute Gasteiger partial charge is 0.496 e. The lowest BCUT2D eigenvalue weighted by atomic mass is 9.73. The van der Waals surface area contributed by atoms with Gasteiger partial charge in [0.2, 0.25) is 0 Å². The predicted molar refractivity (Wildman–Crippen MR) is 125 cm³/mol. The van der Waals surface area contributed by atoms with Gasteiger partial charge in [0.25, 0.3) is 0 Å². The van der Waals surface area contributed by atoms with Gasteiger partial charge in [0.05, 0.1) is 22.8 Å². The summed E-state index contributed by atoms with van der Waals surface area (Å²) in [5.41, 5.74) is 1.64. The van der Waals surface area contributed by atoms with Gasteiger partial charge in [-0.1, -0.05) is 35.3 Å². The van der Waals surface area contributed by atoms with Crippen molar-refractivity contribution in [3.63, 3.8) is 0 Å². The topological polar surface area (TPSA) is 34.1 Å². The van der Waals surface area contributed by atoms with Gasteiger partial charge in [0, 0.05) is 35.4 Å². The molecule has 0 saturated carbocycles. The minimum Gasteiger partial charge on any atom is -0.399 e. The fraction of sp³-hybridized carbons (Fsp3) is 0.435. The molecule has 1 atom stereocenters. The highest BCUT2D eigenvalue weighted by atomic mass is 35.5. The van der Waals surface area contributed by atoms with Gasteiger partial charge >= 0.3 is 7.12 Å². The molecule has 8 heteroatoms. The van der Waals surface area contributed by atoms with E-state index in [0.29, 0.717) is 30.0 Å². The molecule has 162 valence electrons. The van der Waals surface area contributed by atoms with Crippen molar-refractivity contribution in [2.75, 3.05) is 18.0 Å². The Morgan fingerprint density at radius 1 is 1.10 bits per heavy atom. The van der Waals surface area contributed by atoms with Gasteiger partial charge < -0.3 is 14.2 Å². The van der Waals surface area contributed by atoms with Crippen LogP contribution < -0.4 is 10.4 Å². The van der Waals surface area contributed by atoms with E-state index in [0.717, 1.165) is 16.8 Å². The summed E-state index contributed by atoms with van der Waals surface area (Å²) >= 11 is 12.9. The molecular formula is C23H24BCl2FN2O2. The van der Waals surface area contributed by atoms with Crippen LogP contribution in [0.1, 0.15) is 38.8 Å². The Kier molecular flexibility index (Phi) is 4.77. The number of aliphatic imine (C=N–C) groups is 1. The summed E-state index contributed by atoms with van der Waals surface area (Å²) < 4.78 is 27.7. The van der Waals surface area contributed by atoms with Gasteiger partial charge in [-0.05, 0) is 57.0 Å². The summed E-state index contributed by atoms with van der Waals surface area (Å²) in [6, 6.07) is 9.29. The molecule has 0 radical (unpaired) electrons. The molecule has 1 unspecified atom stereocenters. The Labute approximate surface area is 192 Å². The van der Waals surface area contributed by atoms with E-state index >= 15 is 4.39 Å². The number of nitrogens with zero attached hydrogens (tertiary/aromatic N) is 2. The van der Waals surface area contributed by atoms with E-state index in [1.165, 1.54) is 6.07 Å². The third-order valence-corrected chi connectivity index (χ3v) is 7.75. The van der Waals surface area contributed by atoms with Crippen LogP contribution in [0.25, 0.3) is 0 Å². The summed E-state index contributed by atoms with van der Waals surface area (Å²) in [5, 5.41) is 0.701. The molecule has 5 rings (SSSR count). The number of fused-ring (bicyclic) bond motifs is 3. The van der Waals surface area contributed by atoms with Crippen molar-refractivity contribution in [1.82, 2.24) is 0 Å². The third-order valence-electron chi connectivity index (χ3n) is 7.13. The van der Waals surface area contributed by atoms with Gasteiger partial charge in [-0.3, -0.25) is 4.99 Å². The summed E-state index contributed by atoms with van der Waals surface area (Å²) in [6.45, 7) is 9.21. The summed E-state index contributed by atoms with van der Waals surface area (Å²) in [5.74, 6) is -0.477. The van der Waals surface area contributed by atoms with Crippen LogP contribution in [-0.4, -0.2) is 37.6 Å². The third kappa shape index (κ3) is 3.06. The van der Waals surface area contributed by atoms with Crippen molar-refractivity contribution in [3.8, 4) is 0 Å². The van der Waals surface area contributed by atoms with Crippen LogP contribution >= 0.6 is 23.2 Å². The lowest BCUT2D eigenvalue weighted by molar-refractivity contribution is 0.00578. The van der Waals surface area contributed by atoms with Crippen LogP contribution in [0.2, 0.25) is 10.0 Å². The van der Waals surface area contributed by atoms with E-state index in [4.69, 9.17) is 32.5 Å². The van der Waals surface area contributed by atoms with Crippen LogP contribution in [0.3, 0.4) is 0 Å². The number of rotatable bonds is 2. The molecule has 0 N–H and O–H groups in total. The van der Waals surface area contributed by atoms with Crippen molar-refractivity contribution in [3.05, 3.63) is 57.3 Å². The van der Waals surface area contributed by atoms with Gasteiger partial charge in [0.15, 0.2) is 0 Å². The predicted octanol–water partition coefficient (Wildman–Crippen LogP) is 4.77. The van der Waals surface area contributed by atoms with Crippen molar-refractivity contribution in [2.45, 2.75) is 50.9 Å². The average molecular weight is 461 g/mol. The molecule has 2 aromatic rings. The summed E-state index contributed by atoms with van der Waals surface area (Å²) in [4.78, 5) is 6.80. The SMILES string of the molecule is CC1(C)OB(c2c(Cl)c(F)cc3c2CC2(c4cccc(Cl)c4)C=NCCN32)OC1(C)C. The molecular weight excluding hydrogens is 437 g/mol. The van der Waals surface area contributed by atoms with Crippen molar-refractivity contribution in [2.24, 2.45) is 4.99 Å². The first-order valence-corrected chi connectivity index (χ1v) is 11.2. The molecule has 3 aliphatic heterocycles. The Morgan fingerprint density at radius 2 is 1.81 bits per heavy atom. The maximum absolute atomic E-state index is 15.1. The van der Waals surface area contributed by atoms with E-state index in [2.05, 4.69) is 9.89 Å². The van der Waals surface area contributed by atoms with Gasteiger partial charge in [-0.25, -0.2) is 4.39 Å². The standard InChI is InChI=1S/C23H24BCl2FN2O2/c1-21(2)22(3,4)31-24(30-21)19-16-12-23(14-6-5-7-15(25)10-14)13-28-8-9-29(23)18(16)11-17(27)20(19)26/h5-7,10-11,13H,8-9,12H2,1-4H3. The van der Waals surface area contributed by atoms with Crippen molar-refractivity contribution >= 4 is 47.7 Å². The van der Waals surface area contributed by atoms with E-state index in [-0.39, 0.29) is 5.02 Å². The lowest BCUT2D eigenvalue weighted by Crippen LogP contribution is -2.49. The van der Waals surface area contributed by atoms with Crippen molar-refractivity contribution in [1.29, 1.82) is 0 Å². The highest BCUT2D eigenvalue weighted by Crippen LogP contribution is 2.47. The molecule has 0 aromatic heterocycles. The second-order valence-electron chi connectivity index (χ2n) is 9.47. The van der Waals surface area contributed by atoms with Crippen LogP contribution in [0.5, 0.6) is 0 Å². The minimum absolute atomic E-state index is 0.0512. The first kappa shape index (κ1) is 21.3. The smallest absolute Gasteiger partial charge is 0.399 e. The van der Waals surface area contributed by atoms with E-state index in [1.54, 1.807) is 0 Å². The Balaban J connectivity index is 1.69. The molecule has 1 fully saturated rings. The minimum atomic E-state index is -0.753. The first-order chi connectivity index (χ1) is 14.6. The Bertz CT molecular complexity index is 1090. The number of halogens is 3. The highest BCUT2D eigenvalue weighted by Gasteiger charge is 2.55. The Morgan fingerprint density at radius 3 is 2.48 bits per heavy atom. The lowest BCUT2D eigenvalue weighted by Gasteiger charge is -2.40. The Hall–Kier alpha value is -1.60. The first-order valence-electron chi connectivity index (χ1n) is 10.5. The molecule has 0 bridgehead atoms. The van der Waals surface area contributed by atoms with E-state index in [1.807, 2.05) is 58.2 Å². The number of benzene rings is 2. The van der Waals surface area contributed by atoms with Gasteiger partial charge in [-0.2, -0.15) is 0 Å². The normalized spacial score (nSPS) is 25.6. The molecule has 31 heavy (non-hydrogen) atoms. The molecule has 3 heterocycles. The van der Waals surface area contributed by atoms with Crippen LogP contribution in [0.15, 0.2) is 35.3 Å². The molecule has 1 saturated heterocycles. The molecule has 4 nitrogen and oxygen atoms in total. The molecule has 0 spiro atoms. The second kappa shape index (κ2) is 6.95. The zero-order chi connectivity index (χ0) is 22.2. The number of anilines is 1. The van der Waals surface area contributed by atoms with Crippen LogP contribution in [-0.2, 0) is 21.3 Å². The van der Waals surface area contributed by atoms with E-state index in [9.17, 15) is 0 Å². The van der Waals surface area contributed by atoms with Gasteiger partial charge in [-0.15, -0.1) is 0 Å². The molecule has 3 aliphatic rings. The van der Waals surface area contributed by atoms with Crippen molar-refractivity contribution < 1.29 is 13.7 Å².